The second-order valence-electron chi connectivity index (χ2n) is 5.63. The van der Waals surface area contributed by atoms with Crippen LogP contribution in [0.5, 0.6) is 5.75 Å². The number of ether oxygens (including phenoxy) is 1. The molecule has 0 fully saturated rings. The smallest absolute Gasteiger partial charge is 0.266 e. The van der Waals surface area contributed by atoms with Crippen molar-refractivity contribution in [2.75, 3.05) is 19.4 Å². The first kappa shape index (κ1) is 16.3. The number of amides is 1. The number of rotatable bonds is 2. The number of hydrogen-bond donors (Lipinski definition) is 1. The van der Waals surface area contributed by atoms with Crippen molar-refractivity contribution in [1.82, 2.24) is 14.7 Å². The molecule has 8 heteroatoms. The van der Waals surface area contributed by atoms with E-state index in [1.807, 2.05) is 0 Å². The van der Waals surface area contributed by atoms with Crippen LogP contribution in [0.1, 0.15) is 21.6 Å². The van der Waals surface area contributed by atoms with Crippen molar-refractivity contribution in [1.29, 1.82) is 0 Å². The predicted molar refractivity (Wildman–Crippen MR) is 90.3 cm³/mol. The van der Waals surface area contributed by atoms with E-state index < -0.39 is 0 Å². The van der Waals surface area contributed by atoms with Gasteiger partial charge < -0.3 is 15.4 Å². The molecule has 0 saturated carbocycles. The highest BCUT2D eigenvalue weighted by Crippen LogP contribution is 2.30. The molecular formula is C16H17ClN4O3. The van der Waals surface area contributed by atoms with Gasteiger partial charge in [0, 0.05) is 44.3 Å². The molecule has 1 aromatic heterocycles. The van der Waals surface area contributed by atoms with E-state index in [-0.39, 0.29) is 11.5 Å². The predicted octanol–water partition coefficient (Wildman–Crippen LogP) is 1.22. The van der Waals surface area contributed by atoms with Crippen LogP contribution in [0.15, 0.2) is 23.0 Å². The molecule has 1 amide bonds. The van der Waals surface area contributed by atoms with Crippen molar-refractivity contribution in [3.8, 4) is 5.75 Å². The minimum atomic E-state index is -0.222. The van der Waals surface area contributed by atoms with Gasteiger partial charge in [0.05, 0.1) is 29.1 Å². The number of hydrogen-bond acceptors (Lipinski definition) is 5. The standard InChI is InChI=1S/C16H17ClN4O3/c1-20-15(22)5-9-8-21(4-3-13(9)19-20)16(23)10-6-11(17)12(18)7-14(10)24-2/h5-7H,3-4,8,18H2,1-2H3. The Bertz CT molecular complexity index is 878. The van der Waals surface area contributed by atoms with Crippen LogP contribution in [-0.4, -0.2) is 34.2 Å². The lowest BCUT2D eigenvalue weighted by atomic mass is 10.0. The van der Waals surface area contributed by atoms with Gasteiger partial charge in [-0.3, -0.25) is 9.59 Å². The SMILES string of the molecule is COc1cc(N)c(Cl)cc1C(=O)N1CCc2nn(C)c(=O)cc2C1. The zero-order chi connectivity index (χ0) is 17.4. The highest BCUT2D eigenvalue weighted by molar-refractivity contribution is 6.33. The van der Waals surface area contributed by atoms with E-state index in [0.717, 1.165) is 11.3 Å². The number of carbonyl (C=O) groups excluding carboxylic acids is 1. The minimum absolute atomic E-state index is 0.198. The second-order valence-corrected chi connectivity index (χ2v) is 6.04. The van der Waals surface area contributed by atoms with Crippen LogP contribution in [-0.2, 0) is 20.0 Å². The van der Waals surface area contributed by atoms with Gasteiger partial charge in [0.15, 0.2) is 0 Å². The van der Waals surface area contributed by atoms with Crippen LogP contribution in [0.25, 0.3) is 0 Å². The molecule has 2 aromatic rings. The summed E-state index contributed by atoms with van der Waals surface area (Å²) >= 11 is 6.04. The van der Waals surface area contributed by atoms with Crippen LogP contribution >= 0.6 is 11.6 Å². The van der Waals surface area contributed by atoms with E-state index in [1.54, 1.807) is 11.9 Å². The van der Waals surface area contributed by atoms with Crippen LogP contribution < -0.4 is 16.0 Å². The zero-order valence-corrected chi connectivity index (χ0v) is 14.1. The van der Waals surface area contributed by atoms with Crippen LogP contribution in [0.3, 0.4) is 0 Å². The van der Waals surface area contributed by atoms with Crippen LogP contribution in [0, 0.1) is 0 Å². The minimum Gasteiger partial charge on any atom is -0.496 e. The lowest BCUT2D eigenvalue weighted by molar-refractivity contribution is 0.0729. The van der Waals surface area contributed by atoms with Crippen LogP contribution in [0.4, 0.5) is 5.69 Å². The number of aryl methyl sites for hydroxylation is 1. The number of fused-ring (bicyclic) bond motifs is 1. The Labute approximate surface area is 143 Å². The van der Waals surface area contributed by atoms with Gasteiger partial charge >= 0.3 is 0 Å². The maximum atomic E-state index is 12.8. The summed E-state index contributed by atoms with van der Waals surface area (Å²) in [7, 11) is 3.08. The van der Waals surface area contributed by atoms with Gasteiger partial charge in [-0.25, -0.2) is 4.68 Å². The first-order chi connectivity index (χ1) is 11.4. The van der Waals surface area contributed by atoms with Crippen molar-refractivity contribution in [2.45, 2.75) is 13.0 Å². The molecule has 2 heterocycles. The molecule has 0 unspecified atom stereocenters. The largest absolute Gasteiger partial charge is 0.496 e. The van der Waals surface area contributed by atoms with Gasteiger partial charge in [-0.05, 0) is 6.07 Å². The van der Waals surface area contributed by atoms with Crippen LogP contribution in [0.2, 0.25) is 5.02 Å². The molecule has 0 saturated heterocycles. The molecule has 24 heavy (non-hydrogen) atoms. The molecule has 0 bridgehead atoms. The van der Waals surface area contributed by atoms with E-state index in [1.165, 1.54) is 30.0 Å². The Morgan fingerprint density at radius 1 is 1.38 bits per heavy atom. The number of anilines is 1. The third kappa shape index (κ3) is 2.82. The summed E-state index contributed by atoms with van der Waals surface area (Å²) in [5.74, 6) is 0.148. The quantitative estimate of drug-likeness (QED) is 0.824. The average molecular weight is 349 g/mol. The Hall–Kier alpha value is -2.54. The summed E-state index contributed by atoms with van der Waals surface area (Å²) in [6.07, 6.45) is 0.584. The second kappa shape index (κ2) is 6.16. The summed E-state index contributed by atoms with van der Waals surface area (Å²) in [6, 6.07) is 4.57. The first-order valence-electron chi connectivity index (χ1n) is 7.39. The zero-order valence-electron chi connectivity index (χ0n) is 13.4. The summed E-state index contributed by atoms with van der Waals surface area (Å²) in [5.41, 5.74) is 7.85. The Morgan fingerprint density at radius 2 is 2.12 bits per heavy atom. The highest BCUT2D eigenvalue weighted by Gasteiger charge is 2.26. The van der Waals surface area contributed by atoms with E-state index in [4.69, 9.17) is 22.1 Å². The number of halogens is 1. The van der Waals surface area contributed by atoms with Crippen molar-refractivity contribution < 1.29 is 9.53 Å². The number of nitrogens with zero attached hydrogens (tertiary/aromatic N) is 3. The molecule has 1 aliphatic rings. The topological polar surface area (TPSA) is 90.4 Å². The lowest BCUT2D eigenvalue weighted by Gasteiger charge is -2.28. The average Bonchev–Trinajstić information content (AvgIpc) is 2.57. The molecule has 0 radical (unpaired) electrons. The molecule has 7 nitrogen and oxygen atoms in total. The van der Waals surface area contributed by atoms with Gasteiger partial charge in [0.2, 0.25) is 0 Å². The fourth-order valence-electron chi connectivity index (χ4n) is 2.74. The Balaban J connectivity index is 1.93. The van der Waals surface area contributed by atoms with Crippen molar-refractivity contribution in [3.05, 3.63) is 50.4 Å². The van der Waals surface area contributed by atoms with Crippen molar-refractivity contribution >= 4 is 23.2 Å². The third-order valence-electron chi connectivity index (χ3n) is 4.07. The monoisotopic (exact) mass is 348 g/mol. The maximum Gasteiger partial charge on any atom is 0.266 e. The summed E-state index contributed by atoms with van der Waals surface area (Å²) in [6.45, 7) is 0.824. The molecule has 0 aliphatic carbocycles. The third-order valence-corrected chi connectivity index (χ3v) is 4.40. The van der Waals surface area contributed by atoms with Crippen molar-refractivity contribution in [3.63, 3.8) is 0 Å². The summed E-state index contributed by atoms with van der Waals surface area (Å²) in [5, 5.41) is 4.54. The summed E-state index contributed by atoms with van der Waals surface area (Å²) in [4.78, 5) is 26.3. The molecule has 3 rings (SSSR count). The number of benzene rings is 1. The van der Waals surface area contributed by atoms with E-state index in [9.17, 15) is 9.59 Å². The molecule has 2 N–H and O–H groups in total. The Kier molecular flexibility index (Phi) is 4.19. The number of nitrogens with two attached hydrogens (primary N) is 1. The van der Waals surface area contributed by atoms with Gasteiger partial charge in [-0.1, -0.05) is 11.6 Å². The van der Waals surface area contributed by atoms with Crippen molar-refractivity contribution in [2.24, 2.45) is 7.05 Å². The molecule has 0 atom stereocenters. The van der Waals surface area contributed by atoms with Gasteiger partial charge in [-0.2, -0.15) is 5.10 Å². The van der Waals surface area contributed by atoms with Gasteiger partial charge in [0.25, 0.3) is 11.5 Å². The maximum absolute atomic E-state index is 12.8. The molecule has 1 aromatic carbocycles. The van der Waals surface area contributed by atoms with E-state index >= 15 is 0 Å². The molecule has 126 valence electrons. The first-order valence-corrected chi connectivity index (χ1v) is 7.77. The van der Waals surface area contributed by atoms with E-state index in [2.05, 4.69) is 5.10 Å². The number of methoxy groups -OCH3 is 1. The fraction of sp³-hybridized carbons (Fsp3) is 0.312. The Morgan fingerprint density at radius 3 is 2.83 bits per heavy atom. The van der Waals surface area contributed by atoms with E-state index in [0.29, 0.717) is 41.5 Å². The molecule has 1 aliphatic heterocycles. The number of nitrogen functional groups attached to an aromatic ring is 1. The lowest BCUT2D eigenvalue weighted by Crippen LogP contribution is -2.38. The normalized spacial score (nSPS) is 13.5. The van der Waals surface area contributed by atoms with Gasteiger partial charge in [-0.15, -0.1) is 0 Å². The van der Waals surface area contributed by atoms with Gasteiger partial charge in [0.1, 0.15) is 5.75 Å². The number of aromatic nitrogens is 2. The molecular weight excluding hydrogens is 332 g/mol. The summed E-state index contributed by atoms with van der Waals surface area (Å²) < 4.78 is 6.55. The molecule has 0 spiro atoms. The fourth-order valence-corrected chi connectivity index (χ4v) is 2.91. The number of carbonyl (C=O) groups is 1. The highest BCUT2D eigenvalue weighted by atomic mass is 35.5.